The molecule has 0 saturated carbocycles. The molecule has 0 saturated heterocycles. The van der Waals surface area contributed by atoms with Crippen molar-refractivity contribution in [3.8, 4) is 5.75 Å². The highest BCUT2D eigenvalue weighted by Gasteiger charge is 2.18. The van der Waals surface area contributed by atoms with Gasteiger partial charge in [0, 0.05) is 12.6 Å². The smallest absolute Gasteiger partial charge is 0.260 e. The summed E-state index contributed by atoms with van der Waals surface area (Å²) in [6, 6.07) is 4.36. The highest BCUT2D eigenvalue weighted by atomic mass is 16.5. The number of nitrogens with one attached hydrogen (secondary N) is 2. The molecule has 0 aliphatic rings. The van der Waals surface area contributed by atoms with Gasteiger partial charge in [-0.2, -0.15) is 0 Å². The van der Waals surface area contributed by atoms with Crippen molar-refractivity contribution in [2.75, 3.05) is 7.05 Å². The van der Waals surface area contributed by atoms with E-state index in [2.05, 4.69) is 22.8 Å². The Hall–Kier alpha value is -1.55. The Morgan fingerprint density at radius 1 is 1.24 bits per heavy atom. The molecule has 21 heavy (non-hydrogen) atoms. The average Bonchev–Trinajstić information content (AvgIpc) is 2.42. The van der Waals surface area contributed by atoms with E-state index in [1.54, 1.807) is 6.92 Å². The zero-order valence-electron chi connectivity index (χ0n) is 14.0. The molecule has 2 atom stereocenters. The minimum absolute atomic E-state index is 0.0672. The molecule has 0 spiro atoms. The van der Waals surface area contributed by atoms with E-state index in [0.29, 0.717) is 0 Å². The van der Waals surface area contributed by atoms with Gasteiger partial charge in [-0.25, -0.2) is 0 Å². The molecule has 118 valence electrons. The van der Waals surface area contributed by atoms with Crippen LogP contribution in [0.4, 0.5) is 0 Å². The third kappa shape index (κ3) is 5.05. The van der Waals surface area contributed by atoms with E-state index in [1.165, 1.54) is 5.56 Å². The number of carbonyl (C=O) groups is 1. The van der Waals surface area contributed by atoms with Gasteiger partial charge in [0.25, 0.3) is 5.91 Å². The topological polar surface area (TPSA) is 50.4 Å². The van der Waals surface area contributed by atoms with Gasteiger partial charge >= 0.3 is 0 Å². The molecule has 0 aromatic heterocycles. The summed E-state index contributed by atoms with van der Waals surface area (Å²) >= 11 is 0. The Kier molecular flexibility index (Phi) is 6.69. The van der Waals surface area contributed by atoms with Gasteiger partial charge in [-0.05, 0) is 57.9 Å². The lowest BCUT2D eigenvalue weighted by Gasteiger charge is -2.20. The first kappa shape index (κ1) is 17.5. The van der Waals surface area contributed by atoms with Crippen LogP contribution in [0.1, 0.15) is 43.9 Å². The summed E-state index contributed by atoms with van der Waals surface area (Å²) in [6.45, 7) is 10.7. The van der Waals surface area contributed by atoms with Crippen molar-refractivity contribution in [1.82, 2.24) is 10.6 Å². The van der Waals surface area contributed by atoms with Gasteiger partial charge in [0.2, 0.25) is 0 Å². The summed E-state index contributed by atoms with van der Waals surface area (Å²) in [4.78, 5) is 12.1. The average molecular weight is 292 g/mol. The number of hydrogen-bond donors (Lipinski definition) is 2. The Morgan fingerprint density at radius 3 is 2.29 bits per heavy atom. The molecular weight excluding hydrogens is 264 g/mol. The molecule has 4 heteroatoms. The molecule has 4 nitrogen and oxygen atoms in total. The zero-order chi connectivity index (χ0) is 16.0. The highest BCUT2D eigenvalue weighted by molar-refractivity contribution is 5.81. The van der Waals surface area contributed by atoms with E-state index >= 15 is 0 Å². The molecule has 1 aromatic carbocycles. The lowest BCUT2D eigenvalue weighted by Crippen LogP contribution is -2.41. The Bertz CT molecular complexity index is 463. The second kappa shape index (κ2) is 8.03. The van der Waals surface area contributed by atoms with Gasteiger partial charge < -0.3 is 15.4 Å². The number of benzene rings is 1. The van der Waals surface area contributed by atoms with E-state index in [9.17, 15) is 4.79 Å². The van der Waals surface area contributed by atoms with Gasteiger partial charge in [0.1, 0.15) is 5.75 Å². The third-order valence-corrected chi connectivity index (χ3v) is 3.57. The zero-order valence-corrected chi connectivity index (χ0v) is 14.0. The minimum atomic E-state index is -0.494. The maximum Gasteiger partial charge on any atom is 0.260 e. The maximum absolute atomic E-state index is 12.1. The fourth-order valence-electron chi connectivity index (χ4n) is 2.22. The third-order valence-electron chi connectivity index (χ3n) is 3.57. The predicted molar refractivity (Wildman–Crippen MR) is 86.7 cm³/mol. The van der Waals surface area contributed by atoms with Gasteiger partial charge in [0.15, 0.2) is 6.10 Å². The van der Waals surface area contributed by atoms with Crippen molar-refractivity contribution in [1.29, 1.82) is 0 Å². The van der Waals surface area contributed by atoms with Crippen LogP contribution in [-0.4, -0.2) is 25.1 Å². The standard InChI is InChI=1S/C17H28N2O2/c1-7-13(4)19-17(20)14(5)21-16-11(2)8-15(10-18-6)9-12(16)3/h8-9,13-14,18H,7,10H2,1-6H3,(H,19,20). The van der Waals surface area contributed by atoms with Crippen LogP contribution in [0.3, 0.4) is 0 Å². The molecule has 1 aromatic rings. The number of carbonyl (C=O) groups excluding carboxylic acids is 1. The van der Waals surface area contributed by atoms with Gasteiger partial charge in [-0.15, -0.1) is 0 Å². The van der Waals surface area contributed by atoms with Crippen LogP contribution in [0.2, 0.25) is 0 Å². The monoisotopic (exact) mass is 292 g/mol. The second-order valence-corrected chi connectivity index (χ2v) is 5.67. The van der Waals surface area contributed by atoms with E-state index < -0.39 is 6.10 Å². The molecule has 0 aliphatic carbocycles. The molecule has 1 rings (SSSR count). The number of amides is 1. The molecule has 2 N–H and O–H groups in total. The largest absolute Gasteiger partial charge is 0.480 e. The Balaban J connectivity index is 2.80. The Morgan fingerprint density at radius 2 is 1.81 bits per heavy atom. The van der Waals surface area contributed by atoms with Gasteiger partial charge in [-0.3, -0.25) is 4.79 Å². The van der Waals surface area contributed by atoms with Crippen LogP contribution in [-0.2, 0) is 11.3 Å². The molecule has 0 fully saturated rings. The lowest BCUT2D eigenvalue weighted by atomic mass is 10.1. The normalized spacial score (nSPS) is 13.6. The summed E-state index contributed by atoms with van der Waals surface area (Å²) in [7, 11) is 1.93. The lowest BCUT2D eigenvalue weighted by molar-refractivity contribution is -0.127. The summed E-state index contributed by atoms with van der Waals surface area (Å²) < 4.78 is 5.88. The minimum Gasteiger partial charge on any atom is -0.480 e. The summed E-state index contributed by atoms with van der Waals surface area (Å²) in [5.74, 6) is 0.740. The molecule has 0 radical (unpaired) electrons. The summed E-state index contributed by atoms with van der Waals surface area (Å²) in [5, 5.41) is 6.09. The summed E-state index contributed by atoms with van der Waals surface area (Å²) in [6.07, 6.45) is 0.418. The first-order valence-electron chi connectivity index (χ1n) is 7.60. The van der Waals surface area contributed by atoms with Crippen molar-refractivity contribution >= 4 is 5.91 Å². The van der Waals surface area contributed by atoms with E-state index in [0.717, 1.165) is 29.8 Å². The molecule has 2 unspecified atom stereocenters. The molecule has 0 heterocycles. The number of ether oxygens (including phenoxy) is 1. The molecular formula is C17H28N2O2. The molecule has 0 bridgehead atoms. The Labute approximate surface area is 128 Å². The van der Waals surface area contributed by atoms with Crippen LogP contribution < -0.4 is 15.4 Å². The van der Waals surface area contributed by atoms with Crippen LogP contribution in [0.15, 0.2) is 12.1 Å². The van der Waals surface area contributed by atoms with Crippen LogP contribution >= 0.6 is 0 Å². The van der Waals surface area contributed by atoms with Crippen molar-refractivity contribution in [3.63, 3.8) is 0 Å². The van der Waals surface area contributed by atoms with Gasteiger partial charge in [0.05, 0.1) is 0 Å². The quantitative estimate of drug-likeness (QED) is 0.812. The van der Waals surface area contributed by atoms with Crippen molar-refractivity contribution in [3.05, 3.63) is 28.8 Å². The van der Waals surface area contributed by atoms with E-state index in [4.69, 9.17) is 4.74 Å². The maximum atomic E-state index is 12.1. The van der Waals surface area contributed by atoms with E-state index in [1.807, 2.05) is 34.7 Å². The number of hydrogen-bond acceptors (Lipinski definition) is 3. The first-order valence-corrected chi connectivity index (χ1v) is 7.60. The highest BCUT2D eigenvalue weighted by Crippen LogP contribution is 2.26. The van der Waals surface area contributed by atoms with Crippen molar-refractivity contribution in [2.24, 2.45) is 0 Å². The van der Waals surface area contributed by atoms with Crippen LogP contribution in [0, 0.1) is 13.8 Å². The van der Waals surface area contributed by atoms with Crippen LogP contribution in [0.5, 0.6) is 5.75 Å². The van der Waals surface area contributed by atoms with Crippen LogP contribution in [0.25, 0.3) is 0 Å². The second-order valence-electron chi connectivity index (χ2n) is 5.67. The predicted octanol–water partition coefficient (Wildman–Crippen LogP) is 2.70. The number of rotatable bonds is 7. The SMILES string of the molecule is CCC(C)NC(=O)C(C)Oc1c(C)cc(CNC)cc1C. The number of aryl methyl sites for hydroxylation is 2. The van der Waals surface area contributed by atoms with Crippen molar-refractivity contribution in [2.45, 2.75) is 59.7 Å². The molecule has 1 amide bonds. The fraction of sp³-hybridized carbons (Fsp3) is 0.588. The van der Waals surface area contributed by atoms with Gasteiger partial charge in [-0.1, -0.05) is 19.1 Å². The fourth-order valence-corrected chi connectivity index (χ4v) is 2.22. The van der Waals surface area contributed by atoms with E-state index in [-0.39, 0.29) is 11.9 Å². The first-order chi connectivity index (χ1) is 9.88. The summed E-state index contributed by atoms with van der Waals surface area (Å²) in [5.41, 5.74) is 3.34. The van der Waals surface area contributed by atoms with Crippen molar-refractivity contribution < 1.29 is 9.53 Å². The molecule has 0 aliphatic heterocycles.